The summed E-state index contributed by atoms with van der Waals surface area (Å²) in [5.74, 6) is 0.0715. The largest absolute Gasteiger partial charge is 0.462 e. The van der Waals surface area contributed by atoms with Crippen molar-refractivity contribution in [2.75, 3.05) is 16.8 Å². The van der Waals surface area contributed by atoms with E-state index in [9.17, 15) is 9.59 Å². The van der Waals surface area contributed by atoms with Crippen molar-refractivity contribution in [2.24, 2.45) is 0 Å². The molecule has 1 amide bonds. The van der Waals surface area contributed by atoms with Crippen LogP contribution >= 0.6 is 23.4 Å². The van der Waals surface area contributed by atoms with Crippen molar-refractivity contribution < 1.29 is 14.3 Å². The lowest BCUT2D eigenvalue weighted by Crippen LogP contribution is -2.19. The SMILES string of the molecule is Cc1cc(Cl)ccc1NC(=O)CSCC(=O)OC1CCCC1. The molecule has 2 rings (SSSR count). The summed E-state index contributed by atoms with van der Waals surface area (Å²) >= 11 is 7.14. The van der Waals surface area contributed by atoms with Gasteiger partial charge in [0.2, 0.25) is 5.91 Å². The molecule has 1 N–H and O–H groups in total. The predicted molar refractivity (Wildman–Crippen MR) is 90.5 cm³/mol. The van der Waals surface area contributed by atoms with Gasteiger partial charge in [-0.1, -0.05) is 11.6 Å². The van der Waals surface area contributed by atoms with Crippen molar-refractivity contribution in [3.8, 4) is 0 Å². The first kappa shape index (κ1) is 17.2. The molecule has 1 aliphatic carbocycles. The fourth-order valence-corrected chi connectivity index (χ4v) is 3.23. The third-order valence-corrected chi connectivity index (χ3v) is 4.66. The molecule has 0 radical (unpaired) electrons. The van der Waals surface area contributed by atoms with Crippen molar-refractivity contribution in [2.45, 2.75) is 38.7 Å². The standard InChI is InChI=1S/C16H20ClNO3S/c1-11-8-12(17)6-7-14(11)18-15(19)9-22-10-16(20)21-13-4-2-3-5-13/h6-8,13H,2-5,9-10H2,1H3,(H,18,19). The van der Waals surface area contributed by atoms with Gasteiger partial charge in [0.25, 0.3) is 0 Å². The second kappa shape index (κ2) is 8.44. The van der Waals surface area contributed by atoms with Gasteiger partial charge in [-0.25, -0.2) is 0 Å². The molecule has 0 bridgehead atoms. The van der Waals surface area contributed by atoms with Gasteiger partial charge in [0.05, 0.1) is 11.5 Å². The second-order valence-electron chi connectivity index (χ2n) is 5.40. The molecular weight excluding hydrogens is 322 g/mol. The number of anilines is 1. The highest BCUT2D eigenvalue weighted by atomic mass is 35.5. The summed E-state index contributed by atoms with van der Waals surface area (Å²) in [6.07, 6.45) is 4.28. The van der Waals surface area contributed by atoms with E-state index in [1.54, 1.807) is 18.2 Å². The van der Waals surface area contributed by atoms with Crippen LogP contribution in [0.1, 0.15) is 31.2 Å². The van der Waals surface area contributed by atoms with Crippen LogP contribution in [-0.2, 0) is 14.3 Å². The summed E-state index contributed by atoms with van der Waals surface area (Å²) in [6.45, 7) is 1.88. The number of rotatable bonds is 6. The number of ether oxygens (including phenoxy) is 1. The first-order valence-electron chi connectivity index (χ1n) is 7.38. The maximum absolute atomic E-state index is 11.9. The predicted octanol–water partition coefficient (Wildman–Crippen LogP) is 3.81. The zero-order chi connectivity index (χ0) is 15.9. The Morgan fingerprint density at radius 2 is 2.05 bits per heavy atom. The summed E-state index contributed by atoms with van der Waals surface area (Å²) < 4.78 is 5.34. The monoisotopic (exact) mass is 341 g/mol. The van der Waals surface area contributed by atoms with Gasteiger partial charge in [0, 0.05) is 10.7 Å². The minimum absolute atomic E-state index is 0.0821. The van der Waals surface area contributed by atoms with E-state index in [1.165, 1.54) is 11.8 Å². The van der Waals surface area contributed by atoms with E-state index in [-0.39, 0.29) is 29.5 Å². The van der Waals surface area contributed by atoms with Crippen LogP contribution in [0.5, 0.6) is 0 Å². The van der Waals surface area contributed by atoms with E-state index in [0.717, 1.165) is 36.9 Å². The first-order valence-corrected chi connectivity index (χ1v) is 8.91. The molecule has 0 aliphatic heterocycles. The summed E-state index contributed by atoms with van der Waals surface area (Å²) in [4.78, 5) is 23.5. The molecule has 0 atom stereocenters. The van der Waals surface area contributed by atoms with E-state index in [1.807, 2.05) is 6.92 Å². The van der Waals surface area contributed by atoms with Gasteiger partial charge in [0.1, 0.15) is 6.10 Å². The van der Waals surface area contributed by atoms with Crippen LogP contribution < -0.4 is 5.32 Å². The number of amides is 1. The molecule has 4 nitrogen and oxygen atoms in total. The number of aryl methyl sites for hydroxylation is 1. The molecule has 0 aromatic heterocycles. The number of carbonyl (C=O) groups is 2. The van der Waals surface area contributed by atoms with Crippen LogP contribution in [0, 0.1) is 6.92 Å². The van der Waals surface area contributed by atoms with E-state index in [2.05, 4.69) is 5.32 Å². The van der Waals surface area contributed by atoms with Crippen LogP contribution in [0.4, 0.5) is 5.69 Å². The zero-order valence-electron chi connectivity index (χ0n) is 12.6. The molecule has 1 aromatic rings. The Morgan fingerprint density at radius 1 is 1.32 bits per heavy atom. The maximum Gasteiger partial charge on any atom is 0.316 e. The molecule has 120 valence electrons. The molecule has 1 aromatic carbocycles. The topological polar surface area (TPSA) is 55.4 Å². The van der Waals surface area contributed by atoms with Crippen LogP contribution in [-0.4, -0.2) is 29.5 Å². The first-order chi connectivity index (χ1) is 10.5. The lowest BCUT2D eigenvalue weighted by molar-refractivity contribution is -0.145. The number of halogens is 1. The molecule has 1 saturated carbocycles. The molecule has 0 spiro atoms. The van der Waals surface area contributed by atoms with Crippen molar-refractivity contribution in [3.05, 3.63) is 28.8 Å². The van der Waals surface area contributed by atoms with Gasteiger partial charge in [0.15, 0.2) is 0 Å². The Balaban J connectivity index is 1.67. The Hall–Kier alpha value is -1.20. The fourth-order valence-electron chi connectivity index (χ4n) is 2.41. The number of thioether (sulfide) groups is 1. The molecular formula is C16H20ClNO3S. The minimum Gasteiger partial charge on any atom is -0.462 e. The number of hydrogen-bond donors (Lipinski definition) is 1. The minimum atomic E-state index is -0.229. The Bertz CT molecular complexity index is 544. The molecule has 0 heterocycles. The van der Waals surface area contributed by atoms with Gasteiger partial charge in [-0.3, -0.25) is 9.59 Å². The van der Waals surface area contributed by atoms with Gasteiger partial charge >= 0.3 is 5.97 Å². The van der Waals surface area contributed by atoms with E-state index in [4.69, 9.17) is 16.3 Å². The Kier molecular flexibility index (Phi) is 6.58. The highest BCUT2D eigenvalue weighted by Gasteiger charge is 2.19. The smallest absolute Gasteiger partial charge is 0.316 e. The van der Waals surface area contributed by atoms with Crippen molar-refractivity contribution >= 4 is 40.9 Å². The molecule has 0 unspecified atom stereocenters. The third-order valence-electron chi connectivity index (χ3n) is 3.52. The summed E-state index contributed by atoms with van der Waals surface area (Å²) in [5.41, 5.74) is 1.65. The van der Waals surface area contributed by atoms with Crippen LogP contribution in [0.25, 0.3) is 0 Å². The molecule has 22 heavy (non-hydrogen) atoms. The summed E-state index contributed by atoms with van der Waals surface area (Å²) in [5, 5.41) is 3.45. The highest BCUT2D eigenvalue weighted by molar-refractivity contribution is 8.00. The van der Waals surface area contributed by atoms with E-state index in [0.29, 0.717) is 5.02 Å². The number of hydrogen-bond acceptors (Lipinski definition) is 4. The number of esters is 1. The highest BCUT2D eigenvalue weighted by Crippen LogP contribution is 2.22. The van der Waals surface area contributed by atoms with Gasteiger partial charge in [-0.05, 0) is 56.4 Å². The molecule has 1 fully saturated rings. The molecule has 0 saturated heterocycles. The summed E-state index contributed by atoms with van der Waals surface area (Å²) in [7, 11) is 0. The van der Waals surface area contributed by atoms with E-state index >= 15 is 0 Å². The van der Waals surface area contributed by atoms with E-state index < -0.39 is 0 Å². The molecule has 1 aliphatic rings. The van der Waals surface area contributed by atoms with Crippen molar-refractivity contribution in [1.29, 1.82) is 0 Å². The fraction of sp³-hybridized carbons (Fsp3) is 0.500. The van der Waals surface area contributed by atoms with Gasteiger partial charge in [-0.2, -0.15) is 0 Å². The van der Waals surface area contributed by atoms with Crippen molar-refractivity contribution in [3.63, 3.8) is 0 Å². The maximum atomic E-state index is 11.9. The quantitative estimate of drug-likeness (QED) is 0.799. The number of benzene rings is 1. The van der Waals surface area contributed by atoms with Crippen LogP contribution in [0.2, 0.25) is 5.02 Å². The van der Waals surface area contributed by atoms with Crippen molar-refractivity contribution in [1.82, 2.24) is 0 Å². The third kappa shape index (κ3) is 5.54. The second-order valence-corrected chi connectivity index (χ2v) is 6.82. The number of nitrogens with one attached hydrogen (secondary N) is 1. The Labute approximate surface area is 139 Å². The number of carbonyl (C=O) groups excluding carboxylic acids is 2. The Morgan fingerprint density at radius 3 is 2.73 bits per heavy atom. The van der Waals surface area contributed by atoms with Crippen LogP contribution in [0.15, 0.2) is 18.2 Å². The molecule has 6 heteroatoms. The van der Waals surface area contributed by atoms with Gasteiger partial charge < -0.3 is 10.1 Å². The summed E-state index contributed by atoms with van der Waals surface area (Å²) in [6, 6.07) is 5.30. The lowest BCUT2D eigenvalue weighted by atomic mass is 10.2. The normalized spacial score (nSPS) is 14.8. The lowest BCUT2D eigenvalue weighted by Gasteiger charge is -2.11. The zero-order valence-corrected chi connectivity index (χ0v) is 14.1. The van der Waals surface area contributed by atoms with Gasteiger partial charge in [-0.15, -0.1) is 11.8 Å². The average Bonchev–Trinajstić information content (AvgIpc) is 2.95. The van der Waals surface area contributed by atoms with Crippen LogP contribution in [0.3, 0.4) is 0 Å². The average molecular weight is 342 g/mol.